The zero-order chi connectivity index (χ0) is 10.4. The van der Waals surface area contributed by atoms with Gasteiger partial charge in [-0.3, -0.25) is 4.79 Å². The van der Waals surface area contributed by atoms with E-state index in [0.29, 0.717) is 24.3 Å². The molecule has 0 aliphatic heterocycles. The van der Waals surface area contributed by atoms with Crippen molar-refractivity contribution in [2.75, 3.05) is 11.9 Å². The highest BCUT2D eigenvalue weighted by atomic mass is 79.9. The Hall–Kier alpha value is -0.830. The van der Waals surface area contributed by atoms with Crippen LogP contribution in [0.1, 0.15) is 23.7 Å². The van der Waals surface area contributed by atoms with E-state index in [0.717, 1.165) is 5.33 Å². The van der Waals surface area contributed by atoms with Gasteiger partial charge in [-0.25, -0.2) is 0 Å². The van der Waals surface area contributed by atoms with Crippen molar-refractivity contribution < 1.29 is 9.53 Å². The van der Waals surface area contributed by atoms with Gasteiger partial charge in [0, 0.05) is 11.8 Å². The number of hydrogen-bond donors (Lipinski definition) is 0. The maximum atomic E-state index is 11.5. The molecule has 0 saturated heterocycles. The van der Waals surface area contributed by atoms with Gasteiger partial charge in [0.1, 0.15) is 5.75 Å². The average Bonchev–Trinajstić information content (AvgIpc) is 2.25. The first-order valence-corrected chi connectivity index (χ1v) is 5.72. The van der Waals surface area contributed by atoms with Crippen LogP contribution in [0.4, 0.5) is 0 Å². The zero-order valence-electron chi connectivity index (χ0n) is 8.13. The molecule has 0 saturated carbocycles. The number of carbonyl (C=O) groups is 1. The number of Topliss-reactive ketones (excluding diaryl/α,β-unsaturated/α-hetero) is 1. The van der Waals surface area contributed by atoms with Crippen molar-refractivity contribution in [2.24, 2.45) is 0 Å². The second-order valence-electron chi connectivity index (χ2n) is 2.81. The van der Waals surface area contributed by atoms with E-state index in [1.165, 1.54) is 0 Å². The molecule has 0 spiro atoms. The summed E-state index contributed by atoms with van der Waals surface area (Å²) in [5.74, 6) is 0.800. The number of carbonyl (C=O) groups excluding carboxylic acids is 1. The van der Waals surface area contributed by atoms with Crippen LogP contribution in [0.25, 0.3) is 0 Å². The van der Waals surface area contributed by atoms with Crippen molar-refractivity contribution in [1.29, 1.82) is 0 Å². The summed E-state index contributed by atoms with van der Waals surface area (Å²) in [7, 11) is 0. The Morgan fingerprint density at radius 3 is 2.79 bits per heavy atom. The van der Waals surface area contributed by atoms with Crippen LogP contribution in [-0.2, 0) is 0 Å². The summed E-state index contributed by atoms with van der Waals surface area (Å²) >= 11 is 3.28. The van der Waals surface area contributed by atoms with Gasteiger partial charge in [0.05, 0.1) is 12.2 Å². The minimum Gasteiger partial charge on any atom is -0.492 e. The molecule has 0 unspecified atom stereocenters. The zero-order valence-corrected chi connectivity index (χ0v) is 9.71. The van der Waals surface area contributed by atoms with Crippen molar-refractivity contribution in [3.05, 3.63) is 29.8 Å². The lowest BCUT2D eigenvalue weighted by Gasteiger charge is -2.08. The van der Waals surface area contributed by atoms with Crippen LogP contribution in [0.5, 0.6) is 5.75 Å². The average molecular weight is 257 g/mol. The quantitative estimate of drug-likeness (QED) is 0.598. The summed E-state index contributed by atoms with van der Waals surface area (Å²) in [6.45, 7) is 2.43. The molecule has 3 heteroatoms. The summed E-state index contributed by atoms with van der Waals surface area (Å²) < 4.78 is 5.44. The Morgan fingerprint density at radius 1 is 1.43 bits per heavy atom. The molecule has 2 nitrogen and oxygen atoms in total. The third-order valence-corrected chi connectivity index (χ3v) is 2.17. The molecule has 0 bridgehead atoms. The fraction of sp³-hybridized carbons (Fsp3) is 0.364. The van der Waals surface area contributed by atoms with Crippen molar-refractivity contribution in [1.82, 2.24) is 0 Å². The minimum atomic E-state index is 0.121. The molecule has 1 aromatic carbocycles. The lowest BCUT2D eigenvalue weighted by molar-refractivity contribution is 0.0984. The molecule has 1 aromatic rings. The largest absolute Gasteiger partial charge is 0.492 e. The lowest BCUT2D eigenvalue weighted by Crippen LogP contribution is -2.04. The highest BCUT2D eigenvalue weighted by Crippen LogP contribution is 2.19. The first kappa shape index (κ1) is 11.2. The Labute approximate surface area is 92.4 Å². The third kappa shape index (κ3) is 2.84. The van der Waals surface area contributed by atoms with Crippen molar-refractivity contribution >= 4 is 21.7 Å². The van der Waals surface area contributed by atoms with E-state index < -0.39 is 0 Å². The van der Waals surface area contributed by atoms with Crippen LogP contribution < -0.4 is 4.74 Å². The standard InChI is InChI=1S/C11H13BrO2/c1-2-10(13)9-5-3-4-6-11(9)14-8-7-12/h3-6H,2,7-8H2,1H3. The van der Waals surface area contributed by atoms with Crippen LogP contribution in [0.15, 0.2) is 24.3 Å². The second kappa shape index (κ2) is 5.81. The van der Waals surface area contributed by atoms with E-state index in [-0.39, 0.29) is 5.78 Å². The van der Waals surface area contributed by atoms with Crippen LogP contribution in [0.2, 0.25) is 0 Å². The second-order valence-corrected chi connectivity index (χ2v) is 3.60. The molecule has 0 radical (unpaired) electrons. The van der Waals surface area contributed by atoms with Crippen LogP contribution in [0.3, 0.4) is 0 Å². The van der Waals surface area contributed by atoms with Crippen LogP contribution in [0, 0.1) is 0 Å². The Morgan fingerprint density at radius 2 is 2.14 bits per heavy atom. The normalized spacial score (nSPS) is 9.86. The van der Waals surface area contributed by atoms with E-state index in [2.05, 4.69) is 15.9 Å². The summed E-state index contributed by atoms with van der Waals surface area (Å²) in [5, 5.41) is 0.766. The molecule has 14 heavy (non-hydrogen) atoms. The number of benzene rings is 1. The predicted molar refractivity (Wildman–Crippen MR) is 60.4 cm³/mol. The monoisotopic (exact) mass is 256 g/mol. The van der Waals surface area contributed by atoms with Crippen LogP contribution in [-0.4, -0.2) is 17.7 Å². The minimum absolute atomic E-state index is 0.121. The Bertz CT molecular complexity index is 310. The van der Waals surface area contributed by atoms with E-state index in [1.807, 2.05) is 25.1 Å². The van der Waals surface area contributed by atoms with E-state index in [4.69, 9.17) is 4.74 Å². The summed E-state index contributed by atoms with van der Waals surface area (Å²) in [6, 6.07) is 7.35. The van der Waals surface area contributed by atoms with Gasteiger partial charge in [0.2, 0.25) is 0 Å². The maximum Gasteiger partial charge on any atom is 0.166 e. The fourth-order valence-electron chi connectivity index (χ4n) is 1.16. The van der Waals surface area contributed by atoms with Gasteiger partial charge in [0.25, 0.3) is 0 Å². The molecule has 76 valence electrons. The molecule has 0 aromatic heterocycles. The topological polar surface area (TPSA) is 26.3 Å². The smallest absolute Gasteiger partial charge is 0.166 e. The van der Waals surface area contributed by atoms with E-state index in [9.17, 15) is 4.79 Å². The maximum absolute atomic E-state index is 11.5. The van der Waals surface area contributed by atoms with Gasteiger partial charge in [-0.1, -0.05) is 35.0 Å². The summed E-state index contributed by atoms with van der Waals surface area (Å²) in [5.41, 5.74) is 0.677. The van der Waals surface area contributed by atoms with E-state index in [1.54, 1.807) is 6.07 Å². The van der Waals surface area contributed by atoms with Gasteiger partial charge in [-0.05, 0) is 12.1 Å². The molecule has 0 amide bonds. The Kier molecular flexibility index (Phi) is 4.66. The molecular formula is C11H13BrO2. The molecule has 0 N–H and O–H groups in total. The summed E-state index contributed by atoms with van der Waals surface area (Å²) in [6.07, 6.45) is 0.509. The summed E-state index contributed by atoms with van der Waals surface area (Å²) in [4.78, 5) is 11.5. The number of para-hydroxylation sites is 1. The molecular weight excluding hydrogens is 244 g/mol. The number of alkyl halides is 1. The molecule has 0 aliphatic rings. The molecule has 0 atom stereocenters. The molecule has 0 aliphatic carbocycles. The van der Waals surface area contributed by atoms with Crippen LogP contribution >= 0.6 is 15.9 Å². The van der Waals surface area contributed by atoms with Gasteiger partial charge < -0.3 is 4.74 Å². The molecule has 1 rings (SSSR count). The van der Waals surface area contributed by atoms with Crippen molar-refractivity contribution in [2.45, 2.75) is 13.3 Å². The predicted octanol–water partition coefficient (Wildman–Crippen LogP) is 3.05. The molecule has 0 heterocycles. The first-order chi connectivity index (χ1) is 6.79. The van der Waals surface area contributed by atoms with Gasteiger partial charge in [0.15, 0.2) is 5.78 Å². The lowest BCUT2D eigenvalue weighted by atomic mass is 10.1. The van der Waals surface area contributed by atoms with Gasteiger partial charge in [-0.15, -0.1) is 0 Å². The van der Waals surface area contributed by atoms with E-state index >= 15 is 0 Å². The highest BCUT2D eigenvalue weighted by molar-refractivity contribution is 9.09. The third-order valence-electron chi connectivity index (χ3n) is 1.84. The highest BCUT2D eigenvalue weighted by Gasteiger charge is 2.09. The number of ether oxygens (including phenoxy) is 1. The number of hydrogen-bond acceptors (Lipinski definition) is 2. The SMILES string of the molecule is CCC(=O)c1ccccc1OCCBr. The van der Waals surface area contributed by atoms with Crippen molar-refractivity contribution in [3.63, 3.8) is 0 Å². The van der Waals surface area contributed by atoms with Crippen molar-refractivity contribution in [3.8, 4) is 5.75 Å². The van der Waals surface area contributed by atoms with Gasteiger partial charge in [-0.2, -0.15) is 0 Å². The number of rotatable bonds is 5. The number of ketones is 1. The Balaban J connectivity index is 2.85. The number of halogens is 1. The fourth-order valence-corrected chi connectivity index (χ4v) is 1.32. The molecule has 0 fully saturated rings. The first-order valence-electron chi connectivity index (χ1n) is 4.60. The van der Waals surface area contributed by atoms with Gasteiger partial charge >= 0.3 is 0 Å².